The average Bonchev–Trinajstić information content (AvgIpc) is 3.00. The van der Waals surface area contributed by atoms with E-state index in [1.54, 1.807) is 12.0 Å². The zero-order valence-corrected chi connectivity index (χ0v) is 14.7. The van der Waals surface area contributed by atoms with E-state index in [-0.39, 0.29) is 24.2 Å². The molecule has 0 aliphatic carbocycles. The van der Waals surface area contributed by atoms with E-state index in [1.165, 1.54) is 0 Å². The lowest BCUT2D eigenvalue weighted by atomic mass is 10.1. The van der Waals surface area contributed by atoms with Crippen LogP contribution in [0.3, 0.4) is 0 Å². The number of carbonyl (C=O) groups excluding carboxylic acids is 2. The molecule has 1 N–H and O–H groups in total. The van der Waals surface area contributed by atoms with Crippen LogP contribution >= 0.6 is 0 Å². The average molecular weight is 333 g/mol. The summed E-state index contributed by atoms with van der Waals surface area (Å²) in [7, 11) is 1.61. The number of ether oxygens (including phenoxy) is 1. The fourth-order valence-corrected chi connectivity index (χ4v) is 2.92. The number of methoxy groups -OCH3 is 1. The van der Waals surface area contributed by atoms with Crippen LogP contribution in [-0.2, 0) is 9.59 Å². The Balaban J connectivity index is 1.87. The maximum atomic E-state index is 12.3. The number of hydrogen-bond donors (Lipinski definition) is 1. The number of benzene rings is 1. The Morgan fingerprint density at radius 1 is 1.29 bits per heavy atom. The standard InChI is InChI=1S/C18H27N3O3/c1-4-20(5-2)11-10-19-18(23)14-12-17(22)21(13-14)15-6-8-16(24-3)9-7-15/h6-9,14H,4-5,10-13H2,1-3H3,(H,19,23)/t14-/m1/s1. The summed E-state index contributed by atoms with van der Waals surface area (Å²) in [5, 5.41) is 2.96. The monoisotopic (exact) mass is 333 g/mol. The molecule has 1 aromatic rings. The molecule has 6 nitrogen and oxygen atoms in total. The summed E-state index contributed by atoms with van der Waals surface area (Å²) in [6.45, 7) is 8.04. The summed E-state index contributed by atoms with van der Waals surface area (Å²) in [4.78, 5) is 28.5. The van der Waals surface area contributed by atoms with Gasteiger partial charge in [-0.15, -0.1) is 0 Å². The van der Waals surface area contributed by atoms with E-state index in [9.17, 15) is 9.59 Å². The Labute approximate surface area is 143 Å². The molecule has 1 fully saturated rings. The van der Waals surface area contributed by atoms with E-state index in [0.717, 1.165) is 31.1 Å². The van der Waals surface area contributed by atoms with Gasteiger partial charge in [-0.05, 0) is 37.4 Å². The Morgan fingerprint density at radius 3 is 2.54 bits per heavy atom. The predicted octanol–water partition coefficient (Wildman–Crippen LogP) is 1.51. The number of anilines is 1. The van der Waals surface area contributed by atoms with Crippen LogP contribution in [0, 0.1) is 5.92 Å². The van der Waals surface area contributed by atoms with Gasteiger partial charge in [0.15, 0.2) is 0 Å². The summed E-state index contributed by atoms with van der Waals surface area (Å²) in [6.07, 6.45) is 0.267. The van der Waals surface area contributed by atoms with Gasteiger partial charge in [-0.3, -0.25) is 9.59 Å². The van der Waals surface area contributed by atoms with Gasteiger partial charge >= 0.3 is 0 Å². The van der Waals surface area contributed by atoms with Crippen molar-refractivity contribution >= 4 is 17.5 Å². The second kappa shape index (κ2) is 8.68. The van der Waals surface area contributed by atoms with E-state index in [0.29, 0.717) is 13.1 Å². The van der Waals surface area contributed by atoms with Crippen molar-refractivity contribution in [1.29, 1.82) is 0 Å². The summed E-state index contributed by atoms with van der Waals surface area (Å²) < 4.78 is 5.13. The van der Waals surface area contributed by atoms with Crippen LogP contribution in [0.15, 0.2) is 24.3 Å². The Kier molecular flexibility index (Phi) is 6.61. The highest BCUT2D eigenvalue weighted by Crippen LogP contribution is 2.26. The molecule has 2 amide bonds. The van der Waals surface area contributed by atoms with E-state index in [1.807, 2.05) is 24.3 Å². The Bertz CT molecular complexity index is 555. The Hall–Kier alpha value is -2.08. The summed E-state index contributed by atoms with van der Waals surface area (Å²) >= 11 is 0. The normalized spacial score (nSPS) is 17.4. The second-order valence-electron chi connectivity index (χ2n) is 5.92. The van der Waals surface area contributed by atoms with Gasteiger partial charge < -0.3 is 19.9 Å². The maximum absolute atomic E-state index is 12.3. The van der Waals surface area contributed by atoms with Crippen LogP contribution in [0.4, 0.5) is 5.69 Å². The summed E-state index contributed by atoms with van der Waals surface area (Å²) in [5.41, 5.74) is 0.805. The number of amides is 2. The largest absolute Gasteiger partial charge is 0.497 e. The van der Waals surface area contributed by atoms with Gasteiger partial charge in [0, 0.05) is 31.7 Å². The van der Waals surface area contributed by atoms with E-state index in [4.69, 9.17) is 4.74 Å². The van der Waals surface area contributed by atoms with Crippen LogP contribution in [0.5, 0.6) is 5.75 Å². The molecule has 24 heavy (non-hydrogen) atoms. The van der Waals surface area contributed by atoms with Crippen molar-refractivity contribution in [3.63, 3.8) is 0 Å². The molecule has 1 atom stereocenters. The molecule has 0 saturated carbocycles. The molecule has 6 heteroatoms. The number of carbonyl (C=O) groups is 2. The molecular weight excluding hydrogens is 306 g/mol. The molecule has 1 aliphatic heterocycles. The third-order valence-corrected chi connectivity index (χ3v) is 4.50. The highest BCUT2D eigenvalue weighted by atomic mass is 16.5. The lowest BCUT2D eigenvalue weighted by Gasteiger charge is -2.19. The second-order valence-corrected chi connectivity index (χ2v) is 5.92. The highest BCUT2D eigenvalue weighted by molar-refractivity contribution is 6.00. The third-order valence-electron chi connectivity index (χ3n) is 4.50. The van der Waals surface area contributed by atoms with Gasteiger partial charge in [-0.2, -0.15) is 0 Å². The minimum absolute atomic E-state index is 0.0101. The van der Waals surface area contributed by atoms with Gasteiger partial charge in [0.25, 0.3) is 0 Å². The van der Waals surface area contributed by atoms with Crippen molar-refractivity contribution in [2.45, 2.75) is 20.3 Å². The van der Waals surface area contributed by atoms with E-state index >= 15 is 0 Å². The first-order valence-electron chi connectivity index (χ1n) is 8.53. The zero-order valence-electron chi connectivity index (χ0n) is 14.7. The van der Waals surface area contributed by atoms with Crippen LogP contribution < -0.4 is 15.0 Å². The third kappa shape index (κ3) is 4.47. The SMILES string of the molecule is CCN(CC)CCNC(=O)[C@@H]1CC(=O)N(c2ccc(OC)cc2)C1. The molecular formula is C18H27N3O3. The highest BCUT2D eigenvalue weighted by Gasteiger charge is 2.34. The van der Waals surface area contributed by atoms with Gasteiger partial charge in [0.2, 0.25) is 11.8 Å². The van der Waals surface area contributed by atoms with Crippen molar-refractivity contribution in [3.05, 3.63) is 24.3 Å². The topological polar surface area (TPSA) is 61.9 Å². The van der Waals surface area contributed by atoms with Crippen molar-refractivity contribution in [3.8, 4) is 5.75 Å². The fraction of sp³-hybridized carbons (Fsp3) is 0.556. The molecule has 1 aliphatic rings. The maximum Gasteiger partial charge on any atom is 0.227 e. The van der Waals surface area contributed by atoms with E-state index < -0.39 is 0 Å². The number of hydrogen-bond acceptors (Lipinski definition) is 4. The molecule has 0 radical (unpaired) electrons. The van der Waals surface area contributed by atoms with Gasteiger partial charge in [0.05, 0.1) is 13.0 Å². The molecule has 2 rings (SSSR count). The van der Waals surface area contributed by atoms with Crippen molar-refractivity contribution in [1.82, 2.24) is 10.2 Å². The minimum Gasteiger partial charge on any atom is -0.497 e. The van der Waals surface area contributed by atoms with Gasteiger partial charge in [-0.25, -0.2) is 0 Å². The number of rotatable bonds is 8. The molecule has 1 heterocycles. The van der Waals surface area contributed by atoms with Crippen molar-refractivity contribution < 1.29 is 14.3 Å². The van der Waals surface area contributed by atoms with Crippen molar-refractivity contribution in [2.75, 3.05) is 44.7 Å². The van der Waals surface area contributed by atoms with Crippen LogP contribution in [0.2, 0.25) is 0 Å². The first kappa shape index (κ1) is 18.3. The van der Waals surface area contributed by atoms with Crippen LogP contribution in [0.25, 0.3) is 0 Å². The smallest absolute Gasteiger partial charge is 0.227 e. The molecule has 0 bridgehead atoms. The zero-order chi connectivity index (χ0) is 17.5. The van der Waals surface area contributed by atoms with Crippen LogP contribution in [0.1, 0.15) is 20.3 Å². The number of likely N-dealkylation sites (N-methyl/N-ethyl adjacent to an activating group) is 1. The van der Waals surface area contributed by atoms with Gasteiger partial charge in [0.1, 0.15) is 5.75 Å². The molecule has 0 unspecified atom stereocenters. The number of nitrogens with one attached hydrogen (secondary N) is 1. The fourth-order valence-electron chi connectivity index (χ4n) is 2.92. The molecule has 0 spiro atoms. The van der Waals surface area contributed by atoms with Crippen LogP contribution in [-0.4, -0.2) is 56.5 Å². The first-order chi connectivity index (χ1) is 11.6. The minimum atomic E-state index is -0.281. The summed E-state index contributed by atoms with van der Waals surface area (Å²) in [6, 6.07) is 7.33. The van der Waals surface area contributed by atoms with Gasteiger partial charge in [-0.1, -0.05) is 13.8 Å². The molecule has 1 saturated heterocycles. The number of nitrogens with zero attached hydrogens (tertiary/aromatic N) is 2. The molecule has 132 valence electrons. The lowest BCUT2D eigenvalue weighted by Crippen LogP contribution is -2.38. The predicted molar refractivity (Wildman–Crippen MR) is 94.3 cm³/mol. The summed E-state index contributed by atoms with van der Waals surface area (Å²) in [5.74, 6) is 0.419. The van der Waals surface area contributed by atoms with E-state index in [2.05, 4.69) is 24.1 Å². The van der Waals surface area contributed by atoms with Crippen molar-refractivity contribution in [2.24, 2.45) is 5.92 Å². The molecule has 1 aromatic carbocycles. The first-order valence-corrected chi connectivity index (χ1v) is 8.53. The lowest BCUT2D eigenvalue weighted by molar-refractivity contribution is -0.126. The molecule has 0 aromatic heterocycles. The quantitative estimate of drug-likeness (QED) is 0.783. The Morgan fingerprint density at radius 2 is 1.96 bits per heavy atom.